The van der Waals surface area contributed by atoms with Crippen molar-refractivity contribution < 1.29 is 0 Å². The molecule has 0 aliphatic heterocycles. The van der Waals surface area contributed by atoms with Gasteiger partial charge in [-0.2, -0.15) is 0 Å². The molecule has 0 unspecified atom stereocenters. The SMILES string of the molecule is CN(Cc1cccnc1)c1nc(CNC(C)(C)C)cs1. The minimum atomic E-state index is 0.116. The topological polar surface area (TPSA) is 41.1 Å². The molecular weight excluding hydrogens is 268 g/mol. The van der Waals surface area contributed by atoms with Crippen LogP contribution in [0, 0.1) is 0 Å². The smallest absolute Gasteiger partial charge is 0.185 e. The summed E-state index contributed by atoms with van der Waals surface area (Å²) in [7, 11) is 2.06. The number of hydrogen-bond donors (Lipinski definition) is 1. The third-order valence-electron chi connectivity index (χ3n) is 2.81. The van der Waals surface area contributed by atoms with E-state index in [1.165, 1.54) is 5.56 Å². The first-order valence-electron chi connectivity index (χ1n) is 6.73. The predicted octanol–water partition coefficient (Wildman–Crippen LogP) is 3.06. The highest BCUT2D eigenvalue weighted by Crippen LogP contribution is 2.21. The van der Waals surface area contributed by atoms with Crippen LogP contribution in [0.1, 0.15) is 32.0 Å². The lowest BCUT2D eigenvalue weighted by Crippen LogP contribution is -2.35. The summed E-state index contributed by atoms with van der Waals surface area (Å²) in [6, 6.07) is 4.04. The zero-order chi connectivity index (χ0) is 14.6. The molecule has 0 spiro atoms. The quantitative estimate of drug-likeness (QED) is 0.919. The molecule has 4 nitrogen and oxygen atoms in total. The van der Waals surface area contributed by atoms with Crippen LogP contribution in [0.25, 0.3) is 0 Å². The van der Waals surface area contributed by atoms with E-state index in [0.717, 1.165) is 23.9 Å². The molecule has 0 aromatic carbocycles. The Morgan fingerprint density at radius 1 is 1.35 bits per heavy atom. The maximum Gasteiger partial charge on any atom is 0.185 e. The molecule has 5 heteroatoms. The first-order valence-corrected chi connectivity index (χ1v) is 7.61. The van der Waals surface area contributed by atoms with Gasteiger partial charge in [0, 0.05) is 43.4 Å². The lowest BCUT2D eigenvalue weighted by atomic mass is 10.1. The molecular formula is C15H22N4S. The van der Waals surface area contributed by atoms with Crippen LogP contribution >= 0.6 is 11.3 Å². The monoisotopic (exact) mass is 290 g/mol. The van der Waals surface area contributed by atoms with Crippen LogP contribution in [-0.2, 0) is 13.1 Å². The van der Waals surface area contributed by atoms with Gasteiger partial charge in [-0.15, -0.1) is 11.3 Å². The summed E-state index contributed by atoms with van der Waals surface area (Å²) in [5.74, 6) is 0. The fourth-order valence-electron chi connectivity index (χ4n) is 1.74. The second-order valence-corrected chi connectivity index (χ2v) is 6.78. The van der Waals surface area contributed by atoms with Crippen LogP contribution in [0.4, 0.5) is 5.13 Å². The molecule has 0 amide bonds. The van der Waals surface area contributed by atoms with Crippen LogP contribution in [0.3, 0.4) is 0 Å². The van der Waals surface area contributed by atoms with Crippen molar-refractivity contribution in [2.75, 3.05) is 11.9 Å². The van der Waals surface area contributed by atoms with E-state index in [4.69, 9.17) is 0 Å². The van der Waals surface area contributed by atoms with Gasteiger partial charge in [-0.05, 0) is 32.4 Å². The van der Waals surface area contributed by atoms with Gasteiger partial charge in [0.2, 0.25) is 0 Å². The third-order valence-corrected chi connectivity index (χ3v) is 3.81. The molecule has 0 bridgehead atoms. The summed E-state index contributed by atoms with van der Waals surface area (Å²) in [6.07, 6.45) is 3.69. The number of nitrogens with one attached hydrogen (secondary N) is 1. The van der Waals surface area contributed by atoms with Gasteiger partial charge < -0.3 is 10.2 Å². The van der Waals surface area contributed by atoms with Crippen LogP contribution in [0.5, 0.6) is 0 Å². The second-order valence-electron chi connectivity index (χ2n) is 5.94. The summed E-state index contributed by atoms with van der Waals surface area (Å²) in [5.41, 5.74) is 2.41. The minimum absolute atomic E-state index is 0.116. The highest BCUT2D eigenvalue weighted by Gasteiger charge is 2.11. The van der Waals surface area contributed by atoms with Crippen molar-refractivity contribution in [1.82, 2.24) is 15.3 Å². The standard InChI is InChI=1S/C15H22N4S/c1-15(2,3)17-9-13-11-20-14(18-13)19(4)10-12-6-5-7-16-8-12/h5-8,11,17H,9-10H2,1-4H3. The van der Waals surface area contributed by atoms with Gasteiger partial charge in [-0.1, -0.05) is 6.07 Å². The Labute approximate surface area is 124 Å². The second kappa shape index (κ2) is 6.33. The van der Waals surface area contributed by atoms with E-state index in [1.54, 1.807) is 17.5 Å². The molecule has 0 aliphatic rings. The van der Waals surface area contributed by atoms with Crippen LogP contribution in [0.2, 0.25) is 0 Å². The molecule has 2 heterocycles. The third kappa shape index (κ3) is 4.58. The maximum absolute atomic E-state index is 4.67. The van der Waals surface area contributed by atoms with E-state index in [1.807, 2.05) is 12.3 Å². The predicted molar refractivity (Wildman–Crippen MR) is 85.1 cm³/mol. The van der Waals surface area contributed by atoms with Crippen molar-refractivity contribution in [2.24, 2.45) is 0 Å². The Morgan fingerprint density at radius 2 is 2.15 bits per heavy atom. The molecule has 0 aliphatic carbocycles. The summed E-state index contributed by atoms with van der Waals surface area (Å²) < 4.78 is 0. The van der Waals surface area contributed by atoms with Crippen molar-refractivity contribution in [1.29, 1.82) is 0 Å². The fraction of sp³-hybridized carbons (Fsp3) is 0.467. The summed E-state index contributed by atoms with van der Waals surface area (Å²) >= 11 is 1.68. The number of thiazole rings is 1. The van der Waals surface area contributed by atoms with Gasteiger partial charge in [0.1, 0.15) is 0 Å². The number of hydrogen-bond acceptors (Lipinski definition) is 5. The average Bonchev–Trinajstić information content (AvgIpc) is 2.86. The molecule has 0 fully saturated rings. The highest BCUT2D eigenvalue weighted by molar-refractivity contribution is 7.13. The molecule has 0 radical (unpaired) electrons. The van der Waals surface area contributed by atoms with Gasteiger partial charge >= 0.3 is 0 Å². The van der Waals surface area contributed by atoms with Crippen LogP contribution in [-0.4, -0.2) is 22.6 Å². The lowest BCUT2D eigenvalue weighted by Gasteiger charge is -2.19. The number of anilines is 1. The van der Waals surface area contributed by atoms with Crippen LogP contribution < -0.4 is 10.2 Å². The molecule has 20 heavy (non-hydrogen) atoms. The average molecular weight is 290 g/mol. The van der Waals surface area contributed by atoms with Crippen molar-refractivity contribution in [2.45, 2.75) is 39.4 Å². The van der Waals surface area contributed by atoms with Gasteiger partial charge in [0.25, 0.3) is 0 Å². The van der Waals surface area contributed by atoms with E-state index in [2.05, 4.69) is 59.4 Å². The first kappa shape index (κ1) is 14.9. The van der Waals surface area contributed by atoms with E-state index < -0.39 is 0 Å². The molecule has 2 rings (SSSR count). The number of rotatable bonds is 5. The van der Waals surface area contributed by atoms with Crippen LogP contribution in [0.15, 0.2) is 29.9 Å². The fourth-order valence-corrected chi connectivity index (χ4v) is 2.53. The first-order chi connectivity index (χ1) is 9.44. The Bertz CT molecular complexity index is 530. The van der Waals surface area contributed by atoms with Gasteiger partial charge in [0.15, 0.2) is 5.13 Å². The Hall–Kier alpha value is -1.46. The van der Waals surface area contributed by atoms with Crippen molar-refractivity contribution in [3.63, 3.8) is 0 Å². The minimum Gasteiger partial charge on any atom is -0.347 e. The van der Waals surface area contributed by atoms with Crippen molar-refractivity contribution in [3.05, 3.63) is 41.2 Å². The van der Waals surface area contributed by atoms with E-state index in [-0.39, 0.29) is 5.54 Å². The van der Waals surface area contributed by atoms with Gasteiger partial charge in [-0.25, -0.2) is 4.98 Å². The van der Waals surface area contributed by atoms with Gasteiger partial charge in [0.05, 0.1) is 5.69 Å². The number of nitrogens with zero attached hydrogens (tertiary/aromatic N) is 3. The van der Waals surface area contributed by atoms with Gasteiger partial charge in [-0.3, -0.25) is 4.98 Å². The van der Waals surface area contributed by atoms with E-state index in [0.29, 0.717) is 0 Å². The maximum atomic E-state index is 4.67. The van der Waals surface area contributed by atoms with E-state index in [9.17, 15) is 0 Å². The number of pyridine rings is 1. The molecule has 108 valence electrons. The zero-order valence-electron chi connectivity index (χ0n) is 12.6. The molecule has 0 saturated heterocycles. The largest absolute Gasteiger partial charge is 0.347 e. The van der Waals surface area contributed by atoms with E-state index >= 15 is 0 Å². The Morgan fingerprint density at radius 3 is 2.80 bits per heavy atom. The Balaban J connectivity index is 1.94. The molecule has 0 atom stereocenters. The summed E-state index contributed by atoms with van der Waals surface area (Å²) in [6.45, 7) is 8.12. The molecule has 2 aromatic heterocycles. The molecule has 0 saturated carbocycles. The van der Waals surface area contributed by atoms with Crippen molar-refractivity contribution >= 4 is 16.5 Å². The van der Waals surface area contributed by atoms with Crippen molar-refractivity contribution in [3.8, 4) is 0 Å². The highest BCUT2D eigenvalue weighted by atomic mass is 32.1. The molecule has 2 aromatic rings. The molecule has 1 N–H and O–H groups in total. The summed E-state index contributed by atoms with van der Waals surface area (Å²) in [4.78, 5) is 11.0. The lowest BCUT2D eigenvalue weighted by molar-refractivity contribution is 0.422. The summed E-state index contributed by atoms with van der Waals surface area (Å²) in [5, 5.41) is 6.62. The Kier molecular flexibility index (Phi) is 4.73. The zero-order valence-corrected chi connectivity index (χ0v) is 13.4. The number of aromatic nitrogens is 2. The normalized spacial score (nSPS) is 11.6.